The van der Waals surface area contributed by atoms with E-state index in [0.717, 1.165) is 11.1 Å². The number of carbonyl (C=O) groups excluding carboxylic acids is 1. The number of benzene rings is 3. The molecule has 3 heteroatoms. The number of phenolic OH excluding ortho intramolecular Hbond substituents is 1. The molecule has 0 aromatic heterocycles. The van der Waals surface area contributed by atoms with Crippen molar-refractivity contribution in [1.29, 1.82) is 0 Å². The summed E-state index contributed by atoms with van der Waals surface area (Å²) in [4.78, 5) is 12.0. The highest BCUT2D eigenvalue weighted by Gasteiger charge is 2.41. The molecule has 0 bridgehead atoms. The fourth-order valence-corrected chi connectivity index (χ4v) is 3.21. The van der Waals surface area contributed by atoms with Gasteiger partial charge in [0.05, 0.1) is 0 Å². The lowest BCUT2D eigenvalue weighted by Crippen LogP contribution is -2.36. The van der Waals surface area contributed by atoms with Crippen LogP contribution in [-0.2, 0) is 16.8 Å². The summed E-state index contributed by atoms with van der Waals surface area (Å²) in [6.07, 6.45) is 0.997. The first-order chi connectivity index (χ1) is 12.1. The van der Waals surface area contributed by atoms with Crippen LogP contribution in [0.25, 0.3) is 0 Å². The zero-order valence-electron chi connectivity index (χ0n) is 13.7. The second kappa shape index (κ2) is 7.32. The number of carbonyl (C=O) groups is 1. The first-order valence-electron chi connectivity index (χ1n) is 8.21. The maximum atomic E-state index is 12.0. The number of para-hydroxylation sites is 1. The van der Waals surface area contributed by atoms with Crippen molar-refractivity contribution in [2.24, 2.45) is 0 Å². The monoisotopic (exact) mass is 332 g/mol. The van der Waals surface area contributed by atoms with Crippen LogP contribution in [0.15, 0.2) is 84.9 Å². The predicted octanol–water partition coefficient (Wildman–Crippen LogP) is 3.81. The molecule has 0 heterocycles. The lowest BCUT2D eigenvalue weighted by atomic mass is 9.75. The summed E-state index contributed by atoms with van der Waals surface area (Å²) < 4.78 is 0. The molecular formula is C22H20O3. The van der Waals surface area contributed by atoms with E-state index >= 15 is 0 Å². The molecule has 25 heavy (non-hydrogen) atoms. The molecule has 2 N–H and O–H groups in total. The number of phenols is 1. The van der Waals surface area contributed by atoms with Crippen molar-refractivity contribution >= 4 is 6.29 Å². The van der Waals surface area contributed by atoms with Crippen molar-refractivity contribution in [1.82, 2.24) is 0 Å². The molecule has 2 atom stereocenters. The number of aldehydes is 1. The van der Waals surface area contributed by atoms with Gasteiger partial charge in [-0.15, -0.1) is 0 Å². The predicted molar refractivity (Wildman–Crippen MR) is 97.4 cm³/mol. The SMILES string of the molecule is O=CC(O)(c1ccccc1O)C(Cc1ccccc1)c1ccccc1. The molecule has 3 nitrogen and oxygen atoms in total. The van der Waals surface area contributed by atoms with Gasteiger partial charge in [-0.2, -0.15) is 0 Å². The third-order valence-electron chi connectivity index (χ3n) is 4.53. The van der Waals surface area contributed by atoms with Gasteiger partial charge in [0.25, 0.3) is 0 Å². The van der Waals surface area contributed by atoms with Crippen LogP contribution in [0.4, 0.5) is 0 Å². The summed E-state index contributed by atoms with van der Waals surface area (Å²) in [5.41, 5.74) is 0.230. The Morgan fingerprint density at radius 3 is 2.00 bits per heavy atom. The Hall–Kier alpha value is -2.91. The Kier molecular flexibility index (Phi) is 4.96. The van der Waals surface area contributed by atoms with E-state index in [9.17, 15) is 15.0 Å². The van der Waals surface area contributed by atoms with E-state index in [1.165, 1.54) is 6.07 Å². The normalized spacial score (nSPS) is 14.4. The Morgan fingerprint density at radius 2 is 1.40 bits per heavy atom. The highest BCUT2D eigenvalue weighted by atomic mass is 16.3. The van der Waals surface area contributed by atoms with E-state index < -0.39 is 11.5 Å². The molecule has 0 aliphatic carbocycles. The summed E-state index contributed by atoms with van der Waals surface area (Å²) >= 11 is 0. The van der Waals surface area contributed by atoms with Gasteiger partial charge in [-0.1, -0.05) is 78.9 Å². The first kappa shape index (κ1) is 16.9. The maximum absolute atomic E-state index is 12.0. The molecule has 0 saturated heterocycles. The first-order valence-corrected chi connectivity index (χ1v) is 8.21. The van der Waals surface area contributed by atoms with Crippen LogP contribution in [0.1, 0.15) is 22.6 Å². The Morgan fingerprint density at radius 1 is 0.840 bits per heavy atom. The van der Waals surface area contributed by atoms with E-state index in [-0.39, 0.29) is 11.3 Å². The quantitative estimate of drug-likeness (QED) is 0.675. The Bertz CT molecular complexity index is 830. The molecule has 0 aliphatic heterocycles. The van der Waals surface area contributed by atoms with E-state index in [1.54, 1.807) is 18.2 Å². The van der Waals surface area contributed by atoms with Gasteiger partial charge in [-0.25, -0.2) is 0 Å². The molecule has 0 aliphatic rings. The molecule has 3 aromatic carbocycles. The van der Waals surface area contributed by atoms with Crippen molar-refractivity contribution in [3.8, 4) is 5.75 Å². The number of rotatable bonds is 6. The fourth-order valence-electron chi connectivity index (χ4n) is 3.21. The average Bonchev–Trinajstić information content (AvgIpc) is 2.67. The molecule has 0 spiro atoms. The van der Waals surface area contributed by atoms with Crippen LogP contribution >= 0.6 is 0 Å². The smallest absolute Gasteiger partial charge is 0.156 e. The number of hydrogen-bond donors (Lipinski definition) is 2. The fraction of sp³-hybridized carbons (Fsp3) is 0.136. The molecule has 2 unspecified atom stereocenters. The summed E-state index contributed by atoms with van der Waals surface area (Å²) in [7, 11) is 0. The van der Waals surface area contributed by atoms with Crippen LogP contribution in [0, 0.1) is 0 Å². The largest absolute Gasteiger partial charge is 0.508 e. The third kappa shape index (κ3) is 3.47. The summed E-state index contributed by atoms with van der Waals surface area (Å²) in [5.74, 6) is -0.618. The minimum atomic E-state index is -1.83. The zero-order valence-corrected chi connectivity index (χ0v) is 13.7. The highest BCUT2D eigenvalue weighted by molar-refractivity contribution is 5.70. The molecule has 3 aromatic rings. The van der Waals surface area contributed by atoms with Gasteiger partial charge in [-0.05, 0) is 23.6 Å². The minimum absolute atomic E-state index is 0.0916. The van der Waals surface area contributed by atoms with Crippen LogP contribution in [-0.4, -0.2) is 16.5 Å². The van der Waals surface area contributed by atoms with E-state index in [1.807, 2.05) is 60.7 Å². The van der Waals surface area contributed by atoms with E-state index in [0.29, 0.717) is 12.7 Å². The van der Waals surface area contributed by atoms with Gasteiger partial charge in [0.1, 0.15) is 5.75 Å². The number of aliphatic hydroxyl groups is 1. The molecule has 3 rings (SSSR count). The molecular weight excluding hydrogens is 312 g/mol. The molecule has 0 amide bonds. The van der Waals surface area contributed by atoms with Crippen LogP contribution in [0.5, 0.6) is 5.75 Å². The standard InChI is InChI=1S/C22H20O3/c23-16-22(25,19-13-7-8-14-21(19)24)20(18-11-5-2-6-12-18)15-17-9-3-1-4-10-17/h1-14,16,20,24-25H,15H2. The second-order valence-corrected chi connectivity index (χ2v) is 6.11. The van der Waals surface area contributed by atoms with E-state index in [4.69, 9.17) is 0 Å². The van der Waals surface area contributed by atoms with Crippen LogP contribution in [0.3, 0.4) is 0 Å². The summed E-state index contributed by atoms with van der Waals surface area (Å²) in [6.45, 7) is 0. The van der Waals surface area contributed by atoms with Gasteiger partial charge in [0, 0.05) is 11.5 Å². The molecule has 0 saturated carbocycles. The van der Waals surface area contributed by atoms with Crippen molar-refractivity contribution in [3.63, 3.8) is 0 Å². The number of hydrogen-bond acceptors (Lipinski definition) is 3. The van der Waals surface area contributed by atoms with Gasteiger partial charge in [0.15, 0.2) is 11.9 Å². The maximum Gasteiger partial charge on any atom is 0.156 e. The summed E-state index contributed by atoms with van der Waals surface area (Å²) in [5, 5.41) is 21.5. The van der Waals surface area contributed by atoms with Gasteiger partial charge in [-0.3, -0.25) is 4.79 Å². The Labute approximate surface area is 147 Å². The second-order valence-electron chi connectivity index (χ2n) is 6.11. The van der Waals surface area contributed by atoms with Crippen LogP contribution < -0.4 is 0 Å². The minimum Gasteiger partial charge on any atom is -0.508 e. The van der Waals surface area contributed by atoms with Crippen molar-refractivity contribution in [2.45, 2.75) is 17.9 Å². The summed E-state index contributed by atoms with van der Waals surface area (Å²) in [6, 6.07) is 25.6. The van der Waals surface area contributed by atoms with Crippen LogP contribution in [0.2, 0.25) is 0 Å². The van der Waals surface area contributed by atoms with Gasteiger partial charge >= 0.3 is 0 Å². The molecule has 0 radical (unpaired) electrons. The van der Waals surface area contributed by atoms with Gasteiger partial charge in [0.2, 0.25) is 0 Å². The topological polar surface area (TPSA) is 57.5 Å². The number of aromatic hydroxyl groups is 1. The average molecular weight is 332 g/mol. The van der Waals surface area contributed by atoms with E-state index in [2.05, 4.69) is 0 Å². The van der Waals surface area contributed by atoms with Crippen molar-refractivity contribution in [3.05, 3.63) is 102 Å². The lowest BCUT2D eigenvalue weighted by molar-refractivity contribution is -0.127. The molecule has 126 valence electrons. The lowest BCUT2D eigenvalue weighted by Gasteiger charge is -2.33. The third-order valence-corrected chi connectivity index (χ3v) is 4.53. The van der Waals surface area contributed by atoms with Crippen molar-refractivity contribution < 1.29 is 15.0 Å². The zero-order chi connectivity index (χ0) is 17.7. The Balaban J connectivity index is 2.12. The van der Waals surface area contributed by atoms with Crippen molar-refractivity contribution in [2.75, 3.05) is 0 Å². The molecule has 0 fully saturated rings. The highest BCUT2D eigenvalue weighted by Crippen LogP contribution is 2.41. The van der Waals surface area contributed by atoms with Gasteiger partial charge < -0.3 is 10.2 Å².